The van der Waals surface area contributed by atoms with E-state index >= 15 is 0 Å². The van der Waals surface area contributed by atoms with Gasteiger partial charge in [0.25, 0.3) is 0 Å². The van der Waals surface area contributed by atoms with Gasteiger partial charge in [-0.3, -0.25) is 9.69 Å². The lowest BCUT2D eigenvalue weighted by Gasteiger charge is -2.31. The molecule has 1 fully saturated rings. The molecular weight excluding hydrogens is 254 g/mol. The highest BCUT2D eigenvalue weighted by Gasteiger charge is 2.25. The topological polar surface area (TPSA) is 49.8 Å². The molecule has 1 aromatic carbocycles. The molecule has 0 radical (unpaired) electrons. The van der Waals surface area contributed by atoms with Gasteiger partial charge in [-0.25, -0.2) is 0 Å². The van der Waals surface area contributed by atoms with Crippen molar-refractivity contribution in [1.82, 2.24) is 4.90 Å². The third-order valence-electron chi connectivity index (χ3n) is 3.68. The third kappa shape index (κ3) is 3.97. The molecule has 4 heteroatoms. The van der Waals surface area contributed by atoms with Crippen LogP contribution in [0.3, 0.4) is 0 Å². The number of carboxylic acid groups (broad SMARTS) is 1. The summed E-state index contributed by atoms with van der Waals surface area (Å²) in [5.74, 6) is 0.0180. The fourth-order valence-corrected chi connectivity index (χ4v) is 2.63. The number of rotatable bonds is 6. The van der Waals surface area contributed by atoms with Gasteiger partial charge in [0.1, 0.15) is 5.75 Å². The monoisotopic (exact) mass is 277 g/mol. The van der Waals surface area contributed by atoms with Crippen molar-refractivity contribution in [2.24, 2.45) is 5.92 Å². The smallest absolute Gasteiger partial charge is 0.307 e. The summed E-state index contributed by atoms with van der Waals surface area (Å²) in [7, 11) is 0. The van der Waals surface area contributed by atoms with E-state index in [1.807, 2.05) is 18.2 Å². The summed E-state index contributed by atoms with van der Waals surface area (Å²) < 4.78 is 5.76. The Kier molecular flexibility index (Phi) is 5.41. The molecule has 1 unspecified atom stereocenters. The number of carbonyl (C=O) groups is 1. The third-order valence-corrected chi connectivity index (χ3v) is 3.68. The van der Waals surface area contributed by atoms with Crippen LogP contribution in [0.4, 0.5) is 0 Å². The largest absolute Gasteiger partial charge is 0.493 e. The Hall–Kier alpha value is -1.55. The number of ether oxygens (including phenoxy) is 1. The van der Waals surface area contributed by atoms with Crippen LogP contribution < -0.4 is 4.74 Å². The molecule has 2 rings (SSSR count). The van der Waals surface area contributed by atoms with Gasteiger partial charge in [-0.05, 0) is 31.9 Å². The van der Waals surface area contributed by atoms with Crippen molar-refractivity contribution in [1.29, 1.82) is 0 Å². The fraction of sp³-hybridized carbons (Fsp3) is 0.562. The van der Waals surface area contributed by atoms with Crippen LogP contribution in [0.15, 0.2) is 24.3 Å². The van der Waals surface area contributed by atoms with Crippen LogP contribution in [-0.2, 0) is 11.3 Å². The average molecular weight is 277 g/mol. The zero-order valence-corrected chi connectivity index (χ0v) is 12.0. The molecule has 0 bridgehead atoms. The number of hydrogen-bond acceptors (Lipinski definition) is 3. The highest BCUT2D eigenvalue weighted by atomic mass is 16.5. The van der Waals surface area contributed by atoms with E-state index in [0.29, 0.717) is 6.54 Å². The first-order valence-corrected chi connectivity index (χ1v) is 7.36. The summed E-state index contributed by atoms with van der Waals surface area (Å²) in [5.41, 5.74) is 1.15. The lowest BCUT2D eigenvalue weighted by atomic mass is 9.98. The average Bonchev–Trinajstić information content (AvgIpc) is 2.46. The predicted molar refractivity (Wildman–Crippen MR) is 77.9 cm³/mol. The van der Waals surface area contributed by atoms with Crippen LogP contribution in [0.25, 0.3) is 0 Å². The van der Waals surface area contributed by atoms with Gasteiger partial charge in [0.2, 0.25) is 0 Å². The molecule has 1 N–H and O–H groups in total. The van der Waals surface area contributed by atoms with Crippen LogP contribution in [0.5, 0.6) is 5.75 Å². The molecule has 0 spiro atoms. The first-order valence-electron chi connectivity index (χ1n) is 7.36. The summed E-state index contributed by atoms with van der Waals surface area (Å²) in [5, 5.41) is 9.14. The standard InChI is InChI=1S/C16H23NO3/c1-2-10-20-15-8-4-3-6-13(15)11-17-9-5-7-14(12-17)16(18)19/h3-4,6,8,14H,2,5,7,9-12H2,1H3,(H,18,19). The number of benzene rings is 1. The highest BCUT2D eigenvalue weighted by Crippen LogP contribution is 2.23. The molecule has 20 heavy (non-hydrogen) atoms. The number of likely N-dealkylation sites (tertiary alicyclic amines) is 1. The number of hydrogen-bond donors (Lipinski definition) is 1. The maximum absolute atomic E-state index is 11.1. The maximum atomic E-state index is 11.1. The molecule has 0 aromatic heterocycles. The number of piperidine rings is 1. The molecule has 4 nitrogen and oxygen atoms in total. The van der Waals surface area contributed by atoms with Crippen LogP contribution in [0, 0.1) is 5.92 Å². The molecular formula is C16H23NO3. The molecule has 110 valence electrons. The summed E-state index contributed by atoms with van der Waals surface area (Å²) in [6.07, 6.45) is 2.73. The van der Waals surface area contributed by atoms with E-state index in [1.54, 1.807) is 0 Å². The maximum Gasteiger partial charge on any atom is 0.307 e. The van der Waals surface area contributed by atoms with Crippen LogP contribution in [-0.4, -0.2) is 35.7 Å². The lowest BCUT2D eigenvalue weighted by molar-refractivity contribution is -0.143. The first-order chi connectivity index (χ1) is 9.70. The van der Waals surface area contributed by atoms with Gasteiger partial charge >= 0.3 is 5.97 Å². The van der Waals surface area contributed by atoms with Gasteiger partial charge in [-0.2, -0.15) is 0 Å². The number of carboxylic acids is 1. The second-order valence-electron chi connectivity index (χ2n) is 5.37. The van der Waals surface area contributed by atoms with Gasteiger partial charge < -0.3 is 9.84 Å². The normalized spacial score (nSPS) is 19.8. The molecule has 0 amide bonds. The van der Waals surface area contributed by atoms with Crippen molar-refractivity contribution in [3.8, 4) is 5.75 Å². The lowest BCUT2D eigenvalue weighted by Crippen LogP contribution is -2.38. The van der Waals surface area contributed by atoms with E-state index in [2.05, 4.69) is 17.9 Å². The van der Waals surface area contributed by atoms with Gasteiger partial charge in [0, 0.05) is 18.7 Å². The minimum absolute atomic E-state index is 0.229. The number of para-hydroxylation sites is 1. The van der Waals surface area contributed by atoms with Crippen molar-refractivity contribution in [3.63, 3.8) is 0 Å². The Morgan fingerprint density at radius 1 is 1.45 bits per heavy atom. The van der Waals surface area contributed by atoms with Crippen LogP contribution in [0.1, 0.15) is 31.7 Å². The number of nitrogens with zero attached hydrogens (tertiary/aromatic N) is 1. The van der Waals surface area contributed by atoms with Crippen molar-refractivity contribution < 1.29 is 14.6 Å². The minimum atomic E-state index is -0.676. The van der Waals surface area contributed by atoms with E-state index in [-0.39, 0.29) is 5.92 Å². The zero-order valence-electron chi connectivity index (χ0n) is 12.0. The summed E-state index contributed by atoms with van der Waals surface area (Å²) in [6.45, 7) is 5.17. The van der Waals surface area contributed by atoms with E-state index < -0.39 is 5.97 Å². The Morgan fingerprint density at radius 3 is 3.00 bits per heavy atom. The van der Waals surface area contributed by atoms with Crippen LogP contribution in [0.2, 0.25) is 0 Å². The van der Waals surface area contributed by atoms with Gasteiger partial charge in [0.05, 0.1) is 12.5 Å². The minimum Gasteiger partial charge on any atom is -0.493 e. The Balaban J connectivity index is 2.00. The van der Waals surface area contributed by atoms with Crippen molar-refractivity contribution in [2.45, 2.75) is 32.7 Å². The predicted octanol–water partition coefficient (Wildman–Crippen LogP) is 2.77. The first kappa shape index (κ1) is 14.9. The second kappa shape index (κ2) is 7.29. The number of aliphatic carboxylic acids is 1. The Morgan fingerprint density at radius 2 is 2.25 bits per heavy atom. The molecule has 0 aliphatic carbocycles. The van der Waals surface area contributed by atoms with Crippen molar-refractivity contribution >= 4 is 5.97 Å². The Bertz CT molecular complexity index is 447. The highest BCUT2D eigenvalue weighted by molar-refractivity contribution is 5.70. The second-order valence-corrected chi connectivity index (χ2v) is 5.37. The molecule has 1 aromatic rings. The zero-order chi connectivity index (χ0) is 14.4. The molecule has 1 atom stereocenters. The van der Waals surface area contributed by atoms with Gasteiger partial charge in [-0.15, -0.1) is 0 Å². The van der Waals surface area contributed by atoms with Crippen LogP contribution >= 0.6 is 0 Å². The van der Waals surface area contributed by atoms with Gasteiger partial charge in [-0.1, -0.05) is 25.1 Å². The summed E-state index contributed by atoms with van der Waals surface area (Å²) in [4.78, 5) is 13.3. The molecule has 0 saturated carbocycles. The summed E-state index contributed by atoms with van der Waals surface area (Å²) in [6, 6.07) is 8.04. The van der Waals surface area contributed by atoms with E-state index in [9.17, 15) is 4.79 Å². The van der Waals surface area contributed by atoms with Gasteiger partial charge in [0.15, 0.2) is 0 Å². The van der Waals surface area contributed by atoms with E-state index in [0.717, 1.165) is 50.3 Å². The molecule has 1 aliphatic rings. The quantitative estimate of drug-likeness (QED) is 0.868. The van der Waals surface area contributed by atoms with Crippen molar-refractivity contribution in [3.05, 3.63) is 29.8 Å². The summed E-state index contributed by atoms with van der Waals surface area (Å²) >= 11 is 0. The van der Waals surface area contributed by atoms with E-state index in [1.165, 1.54) is 0 Å². The van der Waals surface area contributed by atoms with Crippen molar-refractivity contribution in [2.75, 3.05) is 19.7 Å². The molecule has 1 saturated heterocycles. The Labute approximate surface area is 120 Å². The SMILES string of the molecule is CCCOc1ccccc1CN1CCCC(C(=O)O)C1. The molecule has 1 heterocycles. The fourth-order valence-electron chi connectivity index (χ4n) is 2.63. The van der Waals surface area contributed by atoms with E-state index in [4.69, 9.17) is 9.84 Å². The molecule has 1 aliphatic heterocycles.